The van der Waals surface area contributed by atoms with E-state index in [1.54, 1.807) is 0 Å². The first-order valence-electron chi connectivity index (χ1n) is 15.0. The Morgan fingerprint density at radius 1 is 0.295 bits per heavy atom. The zero-order valence-electron chi connectivity index (χ0n) is 24.2. The molecule has 8 rings (SSSR count). The number of rotatable bonds is 6. The topological polar surface area (TPSA) is 6.48 Å². The van der Waals surface area contributed by atoms with Gasteiger partial charge in [0.25, 0.3) is 0 Å². The van der Waals surface area contributed by atoms with Gasteiger partial charge in [-0.3, -0.25) is 0 Å². The maximum atomic E-state index is 2.42. The fourth-order valence-corrected chi connectivity index (χ4v) is 6.36. The minimum absolute atomic E-state index is 1.10. The predicted octanol–water partition coefficient (Wildman–Crippen LogP) is 12.1. The molecule has 0 unspecified atom stereocenters. The summed E-state index contributed by atoms with van der Waals surface area (Å²) in [5.41, 5.74) is 6.65. The second kappa shape index (κ2) is 11.1. The van der Waals surface area contributed by atoms with Gasteiger partial charge in [-0.05, 0) is 81.5 Å². The molecule has 0 bridgehead atoms. The largest absolute Gasteiger partial charge is 0.308 e. The van der Waals surface area contributed by atoms with E-state index in [1.165, 1.54) is 32.3 Å². The summed E-state index contributed by atoms with van der Waals surface area (Å²) in [6.07, 6.45) is 0. The van der Waals surface area contributed by atoms with Crippen molar-refractivity contribution in [3.63, 3.8) is 0 Å². The summed E-state index contributed by atoms with van der Waals surface area (Å²) in [6.45, 7) is 0. The minimum atomic E-state index is 1.10. The van der Waals surface area contributed by atoms with E-state index in [-0.39, 0.29) is 0 Å². The highest BCUT2D eigenvalue weighted by Gasteiger charge is 2.25. The summed E-state index contributed by atoms with van der Waals surface area (Å²) in [4.78, 5) is 4.82. The van der Waals surface area contributed by atoms with Crippen molar-refractivity contribution in [2.75, 3.05) is 9.80 Å². The number of para-hydroxylation sites is 3. The van der Waals surface area contributed by atoms with Crippen LogP contribution >= 0.6 is 0 Å². The summed E-state index contributed by atoms with van der Waals surface area (Å²) in [6, 6.07) is 65.2. The van der Waals surface area contributed by atoms with Crippen LogP contribution in [0.3, 0.4) is 0 Å². The molecular formula is C42H30N2. The van der Waals surface area contributed by atoms with Crippen LogP contribution in [0.5, 0.6) is 0 Å². The first-order valence-corrected chi connectivity index (χ1v) is 15.0. The fraction of sp³-hybridized carbons (Fsp3) is 0. The minimum Gasteiger partial charge on any atom is -0.308 e. The van der Waals surface area contributed by atoms with Crippen LogP contribution in [0.15, 0.2) is 182 Å². The molecule has 0 aliphatic carbocycles. The highest BCUT2D eigenvalue weighted by molar-refractivity contribution is 6.19. The van der Waals surface area contributed by atoms with E-state index < -0.39 is 0 Å². The average Bonchev–Trinajstić information content (AvgIpc) is 3.10. The van der Waals surface area contributed by atoms with Gasteiger partial charge in [0, 0.05) is 28.1 Å². The van der Waals surface area contributed by atoms with Crippen LogP contribution in [-0.2, 0) is 0 Å². The predicted molar refractivity (Wildman–Crippen MR) is 188 cm³/mol. The standard InChI is InChI=1S/C42H30N2/c1-4-17-35(18-5-1)43(38-28-26-31-14-10-11-16-34(31)30-38)40-29-27-33-25-24-32-15-12-13-23-39(32)41(33)42(40)44(36-19-6-2-7-20-36)37-21-8-3-9-22-37/h1-30H. The Morgan fingerprint density at radius 3 is 1.43 bits per heavy atom. The SMILES string of the molecule is c1ccc(N(c2ccc3ccccc3c2)c2ccc3ccc4ccccc4c3c2N(c2ccccc2)c2ccccc2)cc1. The van der Waals surface area contributed by atoms with Crippen LogP contribution in [0.4, 0.5) is 34.1 Å². The molecule has 0 aliphatic heterocycles. The first kappa shape index (κ1) is 25.8. The lowest BCUT2D eigenvalue weighted by Gasteiger charge is -2.34. The Balaban J connectivity index is 1.53. The van der Waals surface area contributed by atoms with Crippen molar-refractivity contribution in [3.05, 3.63) is 182 Å². The van der Waals surface area contributed by atoms with Crippen LogP contribution in [0, 0.1) is 0 Å². The number of hydrogen-bond donors (Lipinski definition) is 0. The molecule has 0 saturated carbocycles. The van der Waals surface area contributed by atoms with Gasteiger partial charge in [0.2, 0.25) is 0 Å². The van der Waals surface area contributed by atoms with Gasteiger partial charge in [0.05, 0.1) is 11.4 Å². The Bertz CT molecular complexity index is 2190. The van der Waals surface area contributed by atoms with Gasteiger partial charge in [-0.1, -0.05) is 127 Å². The molecule has 0 radical (unpaired) electrons. The summed E-state index contributed by atoms with van der Waals surface area (Å²) in [7, 11) is 0. The molecule has 0 spiro atoms. The van der Waals surface area contributed by atoms with Gasteiger partial charge in [-0.25, -0.2) is 0 Å². The van der Waals surface area contributed by atoms with E-state index >= 15 is 0 Å². The maximum Gasteiger partial charge on any atom is 0.0787 e. The molecular weight excluding hydrogens is 532 g/mol. The van der Waals surface area contributed by atoms with E-state index in [4.69, 9.17) is 0 Å². The second-order valence-electron chi connectivity index (χ2n) is 11.0. The molecule has 0 heterocycles. The number of nitrogens with zero attached hydrogens (tertiary/aromatic N) is 2. The van der Waals surface area contributed by atoms with Gasteiger partial charge >= 0.3 is 0 Å². The van der Waals surface area contributed by atoms with E-state index in [9.17, 15) is 0 Å². The molecule has 0 aliphatic rings. The van der Waals surface area contributed by atoms with Gasteiger partial charge in [-0.15, -0.1) is 0 Å². The van der Waals surface area contributed by atoms with Crippen molar-refractivity contribution in [3.8, 4) is 0 Å². The van der Waals surface area contributed by atoms with Crippen LogP contribution in [0.25, 0.3) is 32.3 Å². The van der Waals surface area contributed by atoms with Gasteiger partial charge in [0.15, 0.2) is 0 Å². The Kier molecular flexibility index (Phi) is 6.51. The van der Waals surface area contributed by atoms with Crippen LogP contribution < -0.4 is 9.80 Å². The fourth-order valence-electron chi connectivity index (χ4n) is 6.36. The Labute approximate surface area is 257 Å². The molecule has 8 aromatic rings. The van der Waals surface area contributed by atoms with Gasteiger partial charge < -0.3 is 9.80 Å². The van der Waals surface area contributed by atoms with Crippen molar-refractivity contribution >= 4 is 66.4 Å². The van der Waals surface area contributed by atoms with Crippen LogP contribution in [0.1, 0.15) is 0 Å². The smallest absolute Gasteiger partial charge is 0.0787 e. The van der Waals surface area contributed by atoms with Crippen molar-refractivity contribution in [1.29, 1.82) is 0 Å². The van der Waals surface area contributed by atoms with Crippen molar-refractivity contribution in [2.24, 2.45) is 0 Å². The summed E-state index contributed by atoms with van der Waals surface area (Å²) in [5, 5.41) is 7.30. The molecule has 0 atom stereocenters. The Morgan fingerprint density at radius 2 is 0.773 bits per heavy atom. The third kappa shape index (κ3) is 4.54. The highest BCUT2D eigenvalue weighted by atomic mass is 15.2. The van der Waals surface area contributed by atoms with E-state index in [0.717, 1.165) is 34.1 Å². The van der Waals surface area contributed by atoms with E-state index in [2.05, 4.69) is 192 Å². The normalized spacial score (nSPS) is 11.2. The first-order chi connectivity index (χ1) is 21.8. The molecule has 2 nitrogen and oxygen atoms in total. The van der Waals surface area contributed by atoms with Gasteiger partial charge in [-0.2, -0.15) is 0 Å². The molecule has 44 heavy (non-hydrogen) atoms. The monoisotopic (exact) mass is 562 g/mol. The quantitative estimate of drug-likeness (QED) is 0.186. The van der Waals surface area contributed by atoms with Crippen LogP contribution in [-0.4, -0.2) is 0 Å². The summed E-state index contributed by atoms with van der Waals surface area (Å²) in [5.74, 6) is 0. The van der Waals surface area contributed by atoms with Crippen molar-refractivity contribution in [2.45, 2.75) is 0 Å². The number of fused-ring (bicyclic) bond motifs is 4. The lowest BCUT2D eigenvalue weighted by molar-refractivity contribution is 1.24. The number of benzene rings is 8. The second-order valence-corrected chi connectivity index (χ2v) is 11.0. The maximum absolute atomic E-state index is 2.42. The Hall–Kier alpha value is -5.86. The van der Waals surface area contributed by atoms with Crippen LogP contribution in [0.2, 0.25) is 0 Å². The number of anilines is 6. The molecule has 0 amide bonds. The molecule has 208 valence electrons. The lowest BCUT2D eigenvalue weighted by atomic mass is 9.97. The molecule has 0 aromatic heterocycles. The zero-order chi connectivity index (χ0) is 29.3. The lowest BCUT2D eigenvalue weighted by Crippen LogP contribution is -2.17. The molecule has 0 N–H and O–H groups in total. The highest BCUT2D eigenvalue weighted by Crippen LogP contribution is 2.50. The zero-order valence-corrected chi connectivity index (χ0v) is 24.2. The van der Waals surface area contributed by atoms with Crippen molar-refractivity contribution in [1.82, 2.24) is 0 Å². The van der Waals surface area contributed by atoms with E-state index in [0.29, 0.717) is 0 Å². The molecule has 2 heteroatoms. The third-order valence-corrected chi connectivity index (χ3v) is 8.36. The van der Waals surface area contributed by atoms with Gasteiger partial charge in [0.1, 0.15) is 0 Å². The summed E-state index contributed by atoms with van der Waals surface area (Å²) >= 11 is 0. The summed E-state index contributed by atoms with van der Waals surface area (Å²) < 4.78 is 0. The van der Waals surface area contributed by atoms with E-state index in [1.807, 2.05) is 0 Å². The molecule has 0 fully saturated rings. The average molecular weight is 563 g/mol. The molecule has 0 saturated heterocycles. The number of hydrogen-bond acceptors (Lipinski definition) is 2. The third-order valence-electron chi connectivity index (χ3n) is 8.36. The molecule has 8 aromatic carbocycles. The van der Waals surface area contributed by atoms with Crippen molar-refractivity contribution < 1.29 is 0 Å².